The number of carboxylic acid groups (broad SMARTS) is 1. The van der Waals surface area contributed by atoms with Crippen LogP contribution in [0, 0.1) is 25.7 Å². The van der Waals surface area contributed by atoms with E-state index in [0.29, 0.717) is 17.8 Å². The fourth-order valence-electron chi connectivity index (χ4n) is 3.00. The van der Waals surface area contributed by atoms with Gasteiger partial charge in [-0.3, -0.25) is 9.59 Å². The highest BCUT2D eigenvalue weighted by molar-refractivity contribution is 5.95. The van der Waals surface area contributed by atoms with Crippen molar-refractivity contribution in [1.82, 2.24) is 19.5 Å². The van der Waals surface area contributed by atoms with Crippen molar-refractivity contribution in [3.05, 3.63) is 29.2 Å². The van der Waals surface area contributed by atoms with E-state index in [2.05, 4.69) is 10.1 Å². The molecule has 116 valence electrons. The SMILES string of the molecule is Cc1cc2ncc(C(=O)N3C[C@@H](C)[C@H](C(=O)O)C3)c(C)n2n1. The number of hydrogen-bond acceptors (Lipinski definition) is 4. The average Bonchev–Trinajstić information content (AvgIpc) is 3.01. The molecule has 1 amide bonds. The maximum Gasteiger partial charge on any atom is 0.308 e. The largest absolute Gasteiger partial charge is 0.481 e. The van der Waals surface area contributed by atoms with Gasteiger partial charge in [0, 0.05) is 25.4 Å². The number of hydrogen-bond donors (Lipinski definition) is 1. The van der Waals surface area contributed by atoms with Crippen molar-refractivity contribution in [3.63, 3.8) is 0 Å². The topological polar surface area (TPSA) is 87.8 Å². The molecule has 22 heavy (non-hydrogen) atoms. The van der Waals surface area contributed by atoms with Crippen LogP contribution >= 0.6 is 0 Å². The lowest BCUT2D eigenvalue weighted by Crippen LogP contribution is -2.31. The third kappa shape index (κ3) is 2.22. The Labute approximate surface area is 127 Å². The number of rotatable bonds is 2. The number of aryl methyl sites for hydroxylation is 2. The number of aromatic nitrogens is 3. The van der Waals surface area contributed by atoms with E-state index in [1.807, 2.05) is 26.8 Å². The van der Waals surface area contributed by atoms with Gasteiger partial charge in [0.05, 0.1) is 22.9 Å². The molecule has 1 N–H and O–H groups in total. The van der Waals surface area contributed by atoms with E-state index in [1.165, 1.54) is 0 Å². The van der Waals surface area contributed by atoms with Crippen molar-refractivity contribution in [2.45, 2.75) is 20.8 Å². The zero-order valence-electron chi connectivity index (χ0n) is 12.8. The minimum atomic E-state index is -0.851. The second-order valence-corrected chi connectivity index (χ2v) is 5.95. The second kappa shape index (κ2) is 5.08. The van der Waals surface area contributed by atoms with Crippen LogP contribution in [-0.4, -0.2) is 49.6 Å². The van der Waals surface area contributed by atoms with Crippen LogP contribution in [0.4, 0.5) is 0 Å². The molecule has 7 heteroatoms. The van der Waals surface area contributed by atoms with Crippen molar-refractivity contribution >= 4 is 17.5 Å². The van der Waals surface area contributed by atoms with Gasteiger partial charge in [-0.15, -0.1) is 0 Å². The minimum absolute atomic E-state index is 0.0506. The van der Waals surface area contributed by atoms with Crippen molar-refractivity contribution in [2.75, 3.05) is 13.1 Å². The fraction of sp³-hybridized carbons (Fsp3) is 0.467. The summed E-state index contributed by atoms with van der Waals surface area (Å²) >= 11 is 0. The first kappa shape index (κ1) is 14.5. The summed E-state index contributed by atoms with van der Waals surface area (Å²) in [5.74, 6) is -1.59. The molecule has 3 rings (SSSR count). The Balaban J connectivity index is 1.93. The highest BCUT2D eigenvalue weighted by atomic mass is 16.4. The summed E-state index contributed by atoms with van der Waals surface area (Å²) in [5, 5.41) is 13.5. The quantitative estimate of drug-likeness (QED) is 0.898. The molecule has 1 saturated heterocycles. The lowest BCUT2D eigenvalue weighted by atomic mass is 9.99. The predicted molar refractivity (Wildman–Crippen MR) is 78.7 cm³/mol. The van der Waals surface area contributed by atoms with Gasteiger partial charge in [-0.25, -0.2) is 9.50 Å². The van der Waals surface area contributed by atoms with Gasteiger partial charge in [-0.2, -0.15) is 5.10 Å². The van der Waals surface area contributed by atoms with E-state index in [4.69, 9.17) is 0 Å². The predicted octanol–water partition coefficient (Wildman–Crippen LogP) is 1.14. The Hall–Kier alpha value is -2.44. The maximum atomic E-state index is 12.7. The molecule has 1 aliphatic heterocycles. The molecule has 7 nitrogen and oxygen atoms in total. The number of fused-ring (bicyclic) bond motifs is 1. The Morgan fingerprint density at radius 2 is 2.05 bits per heavy atom. The first-order valence-electron chi connectivity index (χ1n) is 7.22. The average molecular weight is 302 g/mol. The van der Waals surface area contributed by atoms with Crippen LogP contribution in [-0.2, 0) is 4.79 Å². The standard InChI is InChI=1S/C15H18N4O3/c1-8-6-18(7-12(8)15(21)22)14(20)11-5-16-13-4-9(2)17-19(13)10(11)3/h4-5,8,12H,6-7H2,1-3H3,(H,21,22)/t8-,12-/m1/s1. The fourth-order valence-corrected chi connectivity index (χ4v) is 3.00. The van der Waals surface area contributed by atoms with Crippen LogP contribution < -0.4 is 0 Å². The summed E-state index contributed by atoms with van der Waals surface area (Å²) in [4.78, 5) is 29.7. The number of carbonyl (C=O) groups is 2. The van der Waals surface area contributed by atoms with Gasteiger partial charge < -0.3 is 10.0 Å². The van der Waals surface area contributed by atoms with Gasteiger partial charge in [0.15, 0.2) is 5.65 Å². The molecular formula is C15H18N4O3. The second-order valence-electron chi connectivity index (χ2n) is 5.95. The van der Waals surface area contributed by atoms with E-state index >= 15 is 0 Å². The molecule has 1 aliphatic rings. The maximum absolute atomic E-state index is 12.7. The van der Waals surface area contributed by atoms with Crippen molar-refractivity contribution < 1.29 is 14.7 Å². The number of likely N-dealkylation sites (tertiary alicyclic amines) is 1. The van der Waals surface area contributed by atoms with Crippen molar-refractivity contribution in [2.24, 2.45) is 11.8 Å². The summed E-state index contributed by atoms with van der Waals surface area (Å²) in [7, 11) is 0. The van der Waals surface area contributed by atoms with Gasteiger partial charge in [0.25, 0.3) is 5.91 Å². The molecule has 0 aliphatic carbocycles. The van der Waals surface area contributed by atoms with E-state index in [-0.39, 0.29) is 18.4 Å². The molecule has 0 bridgehead atoms. The lowest BCUT2D eigenvalue weighted by molar-refractivity contribution is -0.142. The Bertz CT molecular complexity index is 767. The highest BCUT2D eigenvalue weighted by Crippen LogP contribution is 2.25. The summed E-state index contributed by atoms with van der Waals surface area (Å²) in [5.41, 5.74) is 2.72. The molecule has 2 aromatic rings. The van der Waals surface area contributed by atoms with Crippen molar-refractivity contribution in [3.8, 4) is 0 Å². The third-order valence-corrected chi connectivity index (χ3v) is 4.29. The molecule has 3 heterocycles. The van der Waals surface area contributed by atoms with Gasteiger partial charge in [-0.05, 0) is 19.8 Å². The first-order chi connectivity index (χ1) is 10.4. The van der Waals surface area contributed by atoms with E-state index in [0.717, 1.165) is 11.4 Å². The molecule has 0 unspecified atom stereocenters. The monoisotopic (exact) mass is 302 g/mol. The van der Waals surface area contributed by atoms with Crippen LogP contribution in [0.2, 0.25) is 0 Å². The van der Waals surface area contributed by atoms with Crippen LogP contribution in [0.25, 0.3) is 5.65 Å². The molecule has 0 radical (unpaired) electrons. The van der Waals surface area contributed by atoms with Crippen LogP contribution in [0.15, 0.2) is 12.3 Å². The summed E-state index contributed by atoms with van der Waals surface area (Å²) < 4.78 is 1.65. The number of carboxylic acids is 1. The summed E-state index contributed by atoms with van der Waals surface area (Å²) in [6.07, 6.45) is 1.55. The number of nitrogens with zero attached hydrogens (tertiary/aromatic N) is 4. The summed E-state index contributed by atoms with van der Waals surface area (Å²) in [6, 6.07) is 1.85. The van der Waals surface area contributed by atoms with Crippen LogP contribution in [0.5, 0.6) is 0 Å². The van der Waals surface area contributed by atoms with Crippen LogP contribution in [0.1, 0.15) is 28.7 Å². The molecule has 0 aromatic carbocycles. The highest BCUT2D eigenvalue weighted by Gasteiger charge is 2.37. The smallest absolute Gasteiger partial charge is 0.308 e. The van der Waals surface area contributed by atoms with E-state index in [1.54, 1.807) is 15.6 Å². The molecule has 1 fully saturated rings. The van der Waals surface area contributed by atoms with Crippen molar-refractivity contribution in [1.29, 1.82) is 0 Å². The van der Waals surface area contributed by atoms with Gasteiger partial charge in [0.1, 0.15) is 0 Å². The Kier molecular flexibility index (Phi) is 3.35. The Morgan fingerprint density at radius 3 is 2.68 bits per heavy atom. The zero-order valence-corrected chi connectivity index (χ0v) is 12.8. The zero-order chi connectivity index (χ0) is 16.0. The minimum Gasteiger partial charge on any atom is -0.481 e. The lowest BCUT2D eigenvalue weighted by Gasteiger charge is -2.17. The molecule has 0 saturated carbocycles. The van der Waals surface area contributed by atoms with Crippen LogP contribution in [0.3, 0.4) is 0 Å². The molecular weight excluding hydrogens is 284 g/mol. The van der Waals surface area contributed by atoms with Gasteiger partial charge >= 0.3 is 5.97 Å². The Morgan fingerprint density at radius 1 is 1.32 bits per heavy atom. The first-order valence-corrected chi connectivity index (χ1v) is 7.22. The number of aliphatic carboxylic acids is 1. The normalized spacial score (nSPS) is 21.5. The number of carbonyl (C=O) groups excluding carboxylic acids is 1. The van der Waals surface area contributed by atoms with Gasteiger partial charge in [0.2, 0.25) is 0 Å². The molecule has 2 atom stereocenters. The molecule has 2 aromatic heterocycles. The third-order valence-electron chi connectivity index (χ3n) is 4.29. The number of amides is 1. The van der Waals surface area contributed by atoms with Gasteiger partial charge in [-0.1, -0.05) is 6.92 Å². The molecule has 0 spiro atoms. The summed E-state index contributed by atoms with van der Waals surface area (Å²) in [6.45, 7) is 6.24. The van der Waals surface area contributed by atoms with E-state index in [9.17, 15) is 14.7 Å². The van der Waals surface area contributed by atoms with E-state index < -0.39 is 11.9 Å².